The van der Waals surface area contributed by atoms with E-state index in [1.54, 1.807) is 24.1 Å². The summed E-state index contributed by atoms with van der Waals surface area (Å²) >= 11 is 13.5. The van der Waals surface area contributed by atoms with Gasteiger partial charge in [0, 0.05) is 12.1 Å². The summed E-state index contributed by atoms with van der Waals surface area (Å²) < 4.78 is 11.7. The van der Waals surface area contributed by atoms with Crippen molar-refractivity contribution in [3.8, 4) is 11.5 Å². The van der Waals surface area contributed by atoms with Crippen molar-refractivity contribution >= 4 is 57.8 Å². The smallest absolute Gasteiger partial charge is 0.266 e. The molecule has 1 heterocycles. The first-order chi connectivity index (χ1) is 16.9. The number of carbonyl (C=O) groups is 1. The molecule has 5 nitrogen and oxygen atoms in total. The number of hydrogen-bond donors (Lipinski definition) is 0. The van der Waals surface area contributed by atoms with E-state index in [9.17, 15) is 4.79 Å². The Hall–Kier alpha value is -2.93. The van der Waals surface area contributed by atoms with Gasteiger partial charge in [-0.25, -0.2) is 4.99 Å². The van der Waals surface area contributed by atoms with Crippen LogP contribution in [0.15, 0.2) is 70.6 Å². The number of halogens is 2. The van der Waals surface area contributed by atoms with Crippen LogP contribution in [0.25, 0.3) is 6.08 Å². The molecule has 1 fully saturated rings. The van der Waals surface area contributed by atoms with Crippen LogP contribution in [-0.4, -0.2) is 29.6 Å². The van der Waals surface area contributed by atoms with Gasteiger partial charge < -0.3 is 9.47 Å². The molecule has 0 atom stereocenters. The van der Waals surface area contributed by atoms with Crippen molar-refractivity contribution in [2.45, 2.75) is 20.5 Å². The van der Waals surface area contributed by atoms with Gasteiger partial charge in [-0.05, 0) is 67.6 Å². The number of aryl methyl sites for hydroxylation is 1. The van der Waals surface area contributed by atoms with Crippen LogP contribution in [0.1, 0.15) is 23.6 Å². The van der Waals surface area contributed by atoms with Gasteiger partial charge in [-0.2, -0.15) is 0 Å². The van der Waals surface area contributed by atoms with Crippen molar-refractivity contribution < 1.29 is 14.3 Å². The Labute approximate surface area is 219 Å². The van der Waals surface area contributed by atoms with E-state index in [4.69, 9.17) is 37.7 Å². The number of ether oxygens (including phenoxy) is 2. The molecule has 0 aliphatic carbocycles. The number of methoxy groups -OCH3 is 1. The first-order valence-electron chi connectivity index (χ1n) is 11.0. The van der Waals surface area contributed by atoms with Gasteiger partial charge >= 0.3 is 0 Å². The number of amides is 1. The maximum atomic E-state index is 13.2. The fraction of sp³-hybridized carbons (Fsp3) is 0.185. The fourth-order valence-electron chi connectivity index (χ4n) is 3.49. The average Bonchev–Trinajstić information content (AvgIpc) is 3.15. The van der Waals surface area contributed by atoms with Gasteiger partial charge in [0.1, 0.15) is 6.61 Å². The molecule has 35 heavy (non-hydrogen) atoms. The van der Waals surface area contributed by atoms with E-state index in [0.29, 0.717) is 38.2 Å². The SMILES string of the molecule is CCN1C(=O)/C(=C\c2cccc(OC)c2OCc2ccc(Cl)c(Cl)c2)SC1=Nc1ccc(C)cc1. The van der Waals surface area contributed by atoms with E-state index in [1.807, 2.05) is 68.5 Å². The summed E-state index contributed by atoms with van der Waals surface area (Å²) in [4.78, 5) is 20.1. The molecule has 3 aromatic carbocycles. The molecule has 0 aromatic heterocycles. The first-order valence-corrected chi connectivity index (χ1v) is 12.6. The van der Waals surface area contributed by atoms with Gasteiger partial charge in [-0.1, -0.05) is 59.1 Å². The zero-order chi connectivity index (χ0) is 24.9. The lowest BCUT2D eigenvalue weighted by atomic mass is 10.1. The Bertz CT molecular complexity index is 1310. The van der Waals surface area contributed by atoms with Crippen LogP contribution in [-0.2, 0) is 11.4 Å². The van der Waals surface area contributed by atoms with Crippen LogP contribution >= 0.6 is 35.0 Å². The molecule has 0 radical (unpaired) electrons. The highest BCUT2D eigenvalue weighted by Crippen LogP contribution is 2.38. The normalized spacial score (nSPS) is 15.8. The van der Waals surface area contributed by atoms with Gasteiger partial charge in [0.2, 0.25) is 0 Å². The zero-order valence-corrected chi connectivity index (χ0v) is 21.9. The Kier molecular flexibility index (Phi) is 8.06. The number of carbonyl (C=O) groups excluding carboxylic acids is 1. The van der Waals surface area contributed by atoms with Crippen LogP contribution in [0.4, 0.5) is 5.69 Å². The van der Waals surface area contributed by atoms with Gasteiger partial charge in [-0.15, -0.1) is 0 Å². The van der Waals surface area contributed by atoms with Gasteiger partial charge in [0.15, 0.2) is 16.7 Å². The molecule has 3 aromatic rings. The molecule has 4 rings (SSSR count). The lowest BCUT2D eigenvalue weighted by molar-refractivity contribution is -0.122. The number of likely N-dealkylation sites (N-methyl/N-ethyl adjacent to an activating group) is 1. The second-order valence-corrected chi connectivity index (χ2v) is 9.63. The summed E-state index contributed by atoms with van der Waals surface area (Å²) in [7, 11) is 1.58. The van der Waals surface area contributed by atoms with Crippen LogP contribution in [0, 0.1) is 6.92 Å². The summed E-state index contributed by atoms with van der Waals surface area (Å²) in [6.45, 7) is 4.74. The predicted octanol–water partition coefficient (Wildman–Crippen LogP) is 7.51. The third-order valence-electron chi connectivity index (χ3n) is 5.35. The largest absolute Gasteiger partial charge is 0.493 e. The van der Waals surface area contributed by atoms with Crippen LogP contribution < -0.4 is 9.47 Å². The molecule has 8 heteroatoms. The van der Waals surface area contributed by atoms with Crippen molar-refractivity contribution in [1.29, 1.82) is 0 Å². The lowest BCUT2D eigenvalue weighted by Crippen LogP contribution is -2.28. The summed E-state index contributed by atoms with van der Waals surface area (Å²) in [5.74, 6) is 1.01. The van der Waals surface area contributed by atoms with Gasteiger partial charge in [0.25, 0.3) is 5.91 Å². The fourth-order valence-corrected chi connectivity index (χ4v) is 4.86. The number of benzene rings is 3. The van der Waals surface area contributed by atoms with Crippen LogP contribution in [0.3, 0.4) is 0 Å². The Balaban J connectivity index is 1.64. The first kappa shape index (κ1) is 25.2. The Morgan fingerprint density at radius 2 is 1.83 bits per heavy atom. The predicted molar refractivity (Wildman–Crippen MR) is 145 cm³/mol. The van der Waals surface area contributed by atoms with Crippen LogP contribution in [0.2, 0.25) is 10.0 Å². The molecular weight excluding hydrogens is 503 g/mol. The molecular formula is C27H24Cl2N2O3S. The van der Waals surface area contributed by atoms with Crippen molar-refractivity contribution in [2.75, 3.05) is 13.7 Å². The standard InChI is InChI=1S/C27H24Cl2N2O3S/c1-4-31-26(32)24(35-27(31)30-20-11-8-17(2)9-12-20)15-19-6-5-7-23(33-3)25(19)34-16-18-10-13-21(28)22(29)14-18/h5-15H,4,16H2,1-3H3/b24-15+,30-27?. The molecule has 0 unspecified atom stereocenters. The van der Waals surface area contributed by atoms with Gasteiger partial charge in [-0.3, -0.25) is 9.69 Å². The Morgan fingerprint density at radius 3 is 2.51 bits per heavy atom. The third-order valence-corrected chi connectivity index (χ3v) is 7.09. The maximum absolute atomic E-state index is 13.2. The van der Waals surface area contributed by atoms with Crippen molar-refractivity contribution in [2.24, 2.45) is 4.99 Å². The van der Waals surface area contributed by atoms with E-state index in [0.717, 1.165) is 22.4 Å². The summed E-state index contributed by atoms with van der Waals surface area (Å²) in [6.07, 6.45) is 1.82. The van der Waals surface area contributed by atoms with Crippen molar-refractivity contribution in [3.05, 3.63) is 92.3 Å². The number of rotatable bonds is 7. The second-order valence-electron chi connectivity index (χ2n) is 7.81. The van der Waals surface area contributed by atoms with E-state index in [1.165, 1.54) is 11.8 Å². The molecule has 1 saturated heterocycles. The number of thioether (sulfide) groups is 1. The number of amidine groups is 1. The number of aliphatic imine (C=N–C) groups is 1. The van der Waals surface area contributed by atoms with Crippen LogP contribution in [0.5, 0.6) is 11.5 Å². The summed E-state index contributed by atoms with van der Waals surface area (Å²) in [5.41, 5.74) is 3.55. The number of para-hydroxylation sites is 1. The van der Waals surface area contributed by atoms with Gasteiger partial charge in [0.05, 0.1) is 27.7 Å². The second kappa shape index (κ2) is 11.2. The highest BCUT2D eigenvalue weighted by molar-refractivity contribution is 8.18. The minimum atomic E-state index is -0.0957. The highest BCUT2D eigenvalue weighted by Gasteiger charge is 2.32. The van der Waals surface area contributed by atoms with E-state index in [-0.39, 0.29) is 12.5 Å². The molecule has 1 aliphatic rings. The molecule has 0 spiro atoms. The van der Waals surface area contributed by atoms with E-state index < -0.39 is 0 Å². The molecule has 0 bridgehead atoms. The van der Waals surface area contributed by atoms with Crippen molar-refractivity contribution in [3.63, 3.8) is 0 Å². The molecule has 0 N–H and O–H groups in total. The molecule has 1 aliphatic heterocycles. The van der Waals surface area contributed by atoms with E-state index >= 15 is 0 Å². The minimum absolute atomic E-state index is 0.0957. The number of nitrogens with zero attached hydrogens (tertiary/aromatic N) is 2. The zero-order valence-electron chi connectivity index (χ0n) is 19.5. The monoisotopic (exact) mass is 526 g/mol. The topological polar surface area (TPSA) is 51.1 Å². The summed E-state index contributed by atoms with van der Waals surface area (Å²) in [6, 6.07) is 18.8. The van der Waals surface area contributed by atoms with Crippen molar-refractivity contribution in [1.82, 2.24) is 4.90 Å². The quantitative estimate of drug-likeness (QED) is 0.299. The number of hydrogen-bond acceptors (Lipinski definition) is 5. The maximum Gasteiger partial charge on any atom is 0.266 e. The lowest BCUT2D eigenvalue weighted by Gasteiger charge is -2.14. The molecule has 1 amide bonds. The Morgan fingerprint density at radius 1 is 1.06 bits per heavy atom. The molecule has 0 saturated carbocycles. The van der Waals surface area contributed by atoms with E-state index in [2.05, 4.69) is 0 Å². The third kappa shape index (κ3) is 5.84. The highest BCUT2D eigenvalue weighted by atomic mass is 35.5. The molecule has 180 valence electrons. The minimum Gasteiger partial charge on any atom is -0.493 e. The average molecular weight is 527 g/mol. The summed E-state index contributed by atoms with van der Waals surface area (Å²) in [5, 5.41) is 1.59.